The van der Waals surface area contributed by atoms with Gasteiger partial charge in [-0.1, -0.05) is 17.7 Å². The minimum atomic E-state index is 0.218. The van der Waals surface area contributed by atoms with Crippen molar-refractivity contribution < 1.29 is 0 Å². The Hall–Kier alpha value is -0.600. The largest absolute Gasteiger partial charge is 0.304 e. The molecule has 0 aromatic rings. The van der Waals surface area contributed by atoms with Gasteiger partial charge in [0.25, 0.3) is 0 Å². The minimum absolute atomic E-state index is 0.218. The molecule has 1 saturated heterocycles. The minimum Gasteiger partial charge on any atom is -0.304 e. The Morgan fingerprint density at radius 1 is 1.27 bits per heavy atom. The Kier molecular flexibility index (Phi) is 2.98. The molecule has 0 aromatic carbocycles. The number of rotatable bonds is 1. The summed E-state index contributed by atoms with van der Waals surface area (Å²) in [5.74, 6) is 0. The van der Waals surface area contributed by atoms with Crippen LogP contribution in [0.3, 0.4) is 0 Å². The molecule has 2 rings (SSSR count). The first-order valence-corrected chi connectivity index (χ1v) is 5.80. The molecular formula is C13H21N2. The van der Waals surface area contributed by atoms with Crippen molar-refractivity contribution in [3.63, 3.8) is 0 Å². The van der Waals surface area contributed by atoms with E-state index < -0.39 is 0 Å². The third-order valence-electron chi connectivity index (χ3n) is 3.95. The van der Waals surface area contributed by atoms with Crippen molar-refractivity contribution >= 4 is 0 Å². The molecule has 1 radical (unpaired) electrons. The maximum atomic E-state index is 3.36. The van der Waals surface area contributed by atoms with E-state index in [0.717, 1.165) is 6.42 Å². The van der Waals surface area contributed by atoms with Gasteiger partial charge in [-0.25, -0.2) is 0 Å². The molecule has 0 amide bonds. The molecule has 15 heavy (non-hydrogen) atoms. The molecule has 2 aliphatic rings. The first-order valence-electron chi connectivity index (χ1n) is 5.80. The maximum absolute atomic E-state index is 3.36. The van der Waals surface area contributed by atoms with Gasteiger partial charge >= 0.3 is 0 Å². The average molecular weight is 205 g/mol. The molecule has 0 bridgehead atoms. The van der Waals surface area contributed by atoms with E-state index in [4.69, 9.17) is 0 Å². The Labute approximate surface area is 93.2 Å². The highest BCUT2D eigenvalue weighted by Crippen LogP contribution is 2.31. The predicted octanol–water partition coefficient (Wildman–Crippen LogP) is 1.70. The Bertz CT molecular complexity index is 285. The Balaban J connectivity index is 2.09. The molecule has 0 aromatic heterocycles. The van der Waals surface area contributed by atoms with Crippen molar-refractivity contribution in [2.75, 3.05) is 33.2 Å². The van der Waals surface area contributed by atoms with Gasteiger partial charge in [-0.3, -0.25) is 4.90 Å². The summed E-state index contributed by atoms with van der Waals surface area (Å²) in [6, 6.07) is 0. The molecule has 0 saturated carbocycles. The van der Waals surface area contributed by atoms with E-state index in [2.05, 4.69) is 48.9 Å². The highest BCUT2D eigenvalue weighted by molar-refractivity contribution is 5.26. The van der Waals surface area contributed by atoms with Crippen LogP contribution >= 0.6 is 0 Å². The molecule has 1 fully saturated rings. The number of hydrogen-bond donors (Lipinski definition) is 0. The average Bonchev–Trinajstić information content (AvgIpc) is 2.23. The molecule has 1 aliphatic heterocycles. The molecule has 2 heteroatoms. The van der Waals surface area contributed by atoms with E-state index in [1.165, 1.54) is 31.8 Å². The SMILES string of the molecule is CC1=CC=[C]CC1(C)N1CCN(C)CC1. The lowest BCUT2D eigenvalue weighted by Gasteiger charge is -2.46. The third kappa shape index (κ3) is 2.01. The lowest BCUT2D eigenvalue weighted by atomic mass is 9.83. The number of hydrogen-bond acceptors (Lipinski definition) is 2. The summed E-state index contributed by atoms with van der Waals surface area (Å²) in [4.78, 5) is 5.01. The van der Waals surface area contributed by atoms with Crippen LogP contribution in [-0.2, 0) is 0 Å². The van der Waals surface area contributed by atoms with Crippen molar-refractivity contribution in [1.82, 2.24) is 9.80 Å². The van der Waals surface area contributed by atoms with Crippen molar-refractivity contribution in [3.8, 4) is 0 Å². The zero-order chi connectivity index (χ0) is 10.9. The fraction of sp³-hybridized carbons (Fsp3) is 0.692. The van der Waals surface area contributed by atoms with Crippen molar-refractivity contribution in [2.24, 2.45) is 0 Å². The van der Waals surface area contributed by atoms with Crippen molar-refractivity contribution in [2.45, 2.75) is 25.8 Å². The summed E-state index contributed by atoms with van der Waals surface area (Å²) in [5, 5.41) is 0. The fourth-order valence-electron chi connectivity index (χ4n) is 2.42. The van der Waals surface area contributed by atoms with Crippen LogP contribution in [0, 0.1) is 6.08 Å². The van der Waals surface area contributed by atoms with Gasteiger partial charge in [-0.2, -0.15) is 0 Å². The van der Waals surface area contributed by atoms with Gasteiger partial charge in [0.2, 0.25) is 0 Å². The molecule has 1 heterocycles. The van der Waals surface area contributed by atoms with Crippen LogP contribution in [0.4, 0.5) is 0 Å². The first-order chi connectivity index (χ1) is 7.13. The molecule has 0 N–H and O–H groups in total. The summed E-state index contributed by atoms with van der Waals surface area (Å²) in [6.07, 6.45) is 8.67. The zero-order valence-corrected chi connectivity index (χ0v) is 10.1. The van der Waals surface area contributed by atoms with Crippen molar-refractivity contribution in [3.05, 3.63) is 23.8 Å². The van der Waals surface area contributed by atoms with E-state index in [1.807, 2.05) is 0 Å². The fourth-order valence-corrected chi connectivity index (χ4v) is 2.42. The standard InChI is InChI=1S/C13H21N2/c1-12-6-4-5-7-13(12,2)15-10-8-14(3)9-11-15/h4,6H,7-11H2,1-3H3. The molecule has 83 valence electrons. The summed E-state index contributed by atoms with van der Waals surface area (Å²) >= 11 is 0. The first kappa shape index (κ1) is 10.9. The third-order valence-corrected chi connectivity index (χ3v) is 3.95. The van der Waals surface area contributed by atoms with E-state index >= 15 is 0 Å². The molecule has 1 atom stereocenters. The van der Waals surface area contributed by atoms with Crippen LogP contribution in [0.5, 0.6) is 0 Å². The summed E-state index contributed by atoms with van der Waals surface area (Å²) < 4.78 is 0. The van der Waals surface area contributed by atoms with Gasteiger partial charge in [0.15, 0.2) is 0 Å². The van der Waals surface area contributed by atoms with Crippen LogP contribution < -0.4 is 0 Å². The number of piperazine rings is 1. The second-order valence-corrected chi connectivity index (χ2v) is 4.96. The molecule has 2 nitrogen and oxygen atoms in total. The van der Waals surface area contributed by atoms with Gasteiger partial charge in [0.1, 0.15) is 0 Å². The van der Waals surface area contributed by atoms with Crippen LogP contribution in [-0.4, -0.2) is 48.6 Å². The zero-order valence-electron chi connectivity index (χ0n) is 10.1. The molecule has 0 spiro atoms. The Morgan fingerprint density at radius 2 is 1.93 bits per heavy atom. The number of nitrogens with zero attached hydrogens (tertiary/aromatic N) is 2. The second-order valence-electron chi connectivity index (χ2n) is 4.96. The lowest BCUT2D eigenvalue weighted by molar-refractivity contribution is 0.0724. The van der Waals surface area contributed by atoms with Gasteiger partial charge in [-0.05, 0) is 33.4 Å². The van der Waals surface area contributed by atoms with Gasteiger partial charge in [0, 0.05) is 31.7 Å². The quantitative estimate of drug-likeness (QED) is 0.643. The summed E-state index contributed by atoms with van der Waals surface area (Å²) in [7, 11) is 2.20. The second kappa shape index (κ2) is 4.11. The van der Waals surface area contributed by atoms with Crippen LogP contribution in [0.15, 0.2) is 17.7 Å². The van der Waals surface area contributed by atoms with E-state index in [0.29, 0.717) is 0 Å². The van der Waals surface area contributed by atoms with E-state index in [1.54, 1.807) is 0 Å². The highest BCUT2D eigenvalue weighted by Gasteiger charge is 2.34. The summed E-state index contributed by atoms with van der Waals surface area (Å²) in [5.41, 5.74) is 1.70. The molecular weight excluding hydrogens is 184 g/mol. The topological polar surface area (TPSA) is 6.48 Å². The monoisotopic (exact) mass is 205 g/mol. The molecule has 1 aliphatic carbocycles. The van der Waals surface area contributed by atoms with E-state index in [-0.39, 0.29) is 5.54 Å². The van der Waals surface area contributed by atoms with Gasteiger partial charge in [0.05, 0.1) is 0 Å². The smallest absolute Gasteiger partial charge is 0.0434 e. The van der Waals surface area contributed by atoms with Crippen molar-refractivity contribution in [1.29, 1.82) is 0 Å². The van der Waals surface area contributed by atoms with E-state index in [9.17, 15) is 0 Å². The maximum Gasteiger partial charge on any atom is 0.0434 e. The summed E-state index contributed by atoms with van der Waals surface area (Å²) in [6.45, 7) is 9.33. The highest BCUT2D eigenvalue weighted by atomic mass is 15.3. The van der Waals surface area contributed by atoms with Gasteiger partial charge in [-0.15, -0.1) is 0 Å². The van der Waals surface area contributed by atoms with Gasteiger partial charge < -0.3 is 4.90 Å². The predicted molar refractivity (Wildman–Crippen MR) is 63.7 cm³/mol. The normalized spacial score (nSPS) is 34.2. The number of allylic oxidation sites excluding steroid dienone is 2. The van der Waals surface area contributed by atoms with Crippen LogP contribution in [0.2, 0.25) is 0 Å². The van der Waals surface area contributed by atoms with Crippen LogP contribution in [0.1, 0.15) is 20.3 Å². The Morgan fingerprint density at radius 3 is 2.53 bits per heavy atom. The lowest BCUT2D eigenvalue weighted by Crippen LogP contribution is -2.55. The number of likely N-dealkylation sites (N-methyl/N-ethyl adjacent to an activating group) is 1. The molecule has 1 unspecified atom stereocenters. The van der Waals surface area contributed by atoms with Crippen LogP contribution in [0.25, 0.3) is 0 Å².